The average Bonchev–Trinajstić information content (AvgIpc) is 3.03. The van der Waals surface area contributed by atoms with Crippen molar-refractivity contribution >= 4 is 47.3 Å². The number of carboxylic acids is 1. The molecule has 3 aliphatic rings. The number of aromatic carboxylic acids is 1. The van der Waals surface area contributed by atoms with Gasteiger partial charge in [0.15, 0.2) is 19.7 Å². The van der Waals surface area contributed by atoms with Gasteiger partial charge in [0.1, 0.15) is 4.90 Å². The quantitative estimate of drug-likeness (QED) is 0.547. The molecule has 2 N–H and O–H groups in total. The molecule has 4 atom stereocenters. The summed E-state index contributed by atoms with van der Waals surface area (Å²) in [7, 11) is -11.6. The first-order valence-corrected chi connectivity index (χ1v) is 14.0. The second-order valence-electron chi connectivity index (χ2n) is 7.45. The molecule has 0 saturated carbocycles. The van der Waals surface area contributed by atoms with E-state index in [9.17, 15) is 35.2 Å². The fraction of sp³-hybridized carbons (Fsp3) is 0.533. The van der Waals surface area contributed by atoms with Crippen molar-refractivity contribution < 1.29 is 35.2 Å². The summed E-state index contributed by atoms with van der Waals surface area (Å²) in [5, 5.41) is 12.0. The van der Waals surface area contributed by atoms with E-state index in [-0.39, 0.29) is 22.1 Å². The molecular weight excluding hydrogens is 468 g/mol. The van der Waals surface area contributed by atoms with E-state index in [1.165, 1.54) is 0 Å². The Hall–Kier alpha value is -1.25. The molecule has 0 amide bonds. The van der Waals surface area contributed by atoms with Gasteiger partial charge in [-0.1, -0.05) is 11.6 Å². The molecule has 1 aromatic carbocycles. The Kier molecular flexibility index (Phi) is 4.80. The Morgan fingerprint density at radius 2 is 1.55 bits per heavy atom. The van der Waals surface area contributed by atoms with Crippen LogP contribution in [0.3, 0.4) is 0 Å². The molecule has 0 spiro atoms. The summed E-state index contributed by atoms with van der Waals surface area (Å²) >= 11 is 6.05. The van der Waals surface area contributed by atoms with Gasteiger partial charge in [-0.05, 0) is 18.2 Å². The molecule has 0 bridgehead atoms. The van der Waals surface area contributed by atoms with Gasteiger partial charge in [0.2, 0.25) is 10.0 Å². The summed E-state index contributed by atoms with van der Waals surface area (Å²) in [4.78, 5) is 10.8. The third-order valence-corrected chi connectivity index (χ3v) is 11.3. The van der Waals surface area contributed by atoms with Crippen LogP contribution in [0.25, 0.3) is 0 Å². The number of carboxylic acid groups (broad SMARTS) is 1. The molecule has 3 saturated heterocycles. The molecule has 3 aliphatic heterocycles. The molecule has 14 heteroatoms. The van der Waals surface area contributed by atoms with E-state index in [0.29, 0.717) is 0 Å². The van der Waals surface area contributed by atoms with Gasteiger partial charge in [-0.2, -0.15) is 4.31 Å². The highest BCUT2D eigenvalue weighted by molar-refractivity contribution is 7.92. The van der Waals surface area contributed by atoms with E-state index < -0.39 is 76.2 Å². The highest BCUT2D eigenvalue weighted by Gasteiger charge is 2.57. The second kappa shape index (κ2) is 6.62. The minimum atomic E-state index is -4.49. The summed E-state index contributed by atoms with van der Waals surface area (Å²) in [6, 6.07) is -0.359. The van der Waals surface area contributed by atoms with Crippen LogP contribution in [-0.2, 0) is 29.7 Å². The smallest absolute Gasteiger partial charge is 0.335 e. The van der Waals surface area contributed by atoms with Gasteiger partial charge in [0.25, 0.3) is 0 Å². The van der Waals surface area contributed by atoms with Crippen molar-refractivity contribution in [3.8, 4) is 0 Å². The standard InChI is InChI=1S/C15H17ClN2O8S3/c16-9-2-1-8(15(19)20)3-14(9)29(25,26)18-12-6-27(21,22)4-10(12)17-11-5-28(23,24)7-13(11)18/h1-3,10-13,17H,4-7H2,(H,19,20)/t10-,11-,12+,13+/m0/s1. The van der Waals surface area contributed by atoms with Crippen LogP contribution >= 0.6 is 11.6 Å². The molecule has 0 aromatic heterocycles. The molecule has 3 heterocycles. The number of sulfone groups is 2. The zero-order valence-electron chi connectivity index (χ0n) is 14.7. The van der Waals surface area contributed by atoms with Crippen LogP contribution in [0.5, 0.6) is 0 Å². The van der Waals surface area contributed by atoms with Crippen molar-refractivity contribution in [2.24, 2.45) is 0 Å². The number of nitrogens with one attached hydrogen (secondary N) is 1. The topological polar surface area (TPSA) is 155 Å². The number of rotatable bonds is 3. The van der Waals surface area contributed by atoms with Crippen molar-refractivity contribution in [2.45, 2.75) is 29.1 Å². The summed E-state index contributed by atoms with van der Waals surface area (Å²) in [5.74, 6) is -2.89. The van der Waals surface area contributed by atoms with Crippen LogP contribution in [0.15, 0.2) is 23.1 Å². The van der Waals surface area contributed by atoms with Gasteiger partial charge in [-0.25, -0.2) is 30.0 Å². The molecule has 1 aromatic rings. The monoisotopic (exact) mass is 484 g/mol. The number of fused-ring (bicyclic) bond motifs is 2. The lowest BCUT2D eigenvalue weighted by molar-refractivity contribution is 0.0696. The normalized spacial score (nSPS) is 33.1. The lowest BCUT2D eigenvalue weighted by atomic mass is 10.0. The Balaban J connectivity index is 1.87. The van der Waals surface area contributed by atoms with Gasteiger partial charge >= 0.3 is 5.97 Å². The SMILES string of the molecule is O=C(O)c1ccc(Cl)c(S(=O)(=O)N2[C@@H]3CS(=O)(=O)C[C@@H]3N[C@H]3CS(=O)(=O)C[C@H]32)c1. The van der Waals surface area contributed by atoms with Crippen molar-refractivity contribution in [3.05, 3.63) is 28.8 Å². The van der Waals surface area contributed by atoms with E-state index in [0.717, 1.165) is 22.5 Å². The number of hydrogen-bond donors (Lipinski definition) is 2. The predicted molar refractivity (Wildman–Crippen MR) is 103 cm³/mol. The molecule has 3 fully saturated rings. The number of carbonyl (C=O) groups is 1. The van der Waals surface area contributed by atoms with Gasteiger partial charge in [-0.3, -0.25) is 0 Å². The maximum atomic E-state index is 13.5. The Labute approximate surface area is 172 Å². The first-order chi connectivity index (χ1) is 13.3. The molecule has 0 unspecified atom stereocenters. The average molecular weight is 485 g/mol. The van der Waals surface area contributed by atoms with Crippen molar-refractivity contribution in [1.82, 2.24) is 9.62 Å². The highest BCUT2D eigenvalue weighted by atomic mass is 35.5. The van der Waals surface area contributed by atoms with Gasteiger partial charge in [0, 0.05) is 12.1 Å². The number of halogens is 1. The maximum Gasteiger partial charge on any atom is 0.335 e. The molecule has 29 heavy (non-hydrogen) atoms. The minimum Gasteiger partial charge on any atom is -0.478 e. The predicted octanol–water partition coefficient (Wildman–Crippen LogP) is -1.04. The van der Waals surface area contributed by atoms with Crippen LogP contribution in [0.1, 0.15) is 10.4 Å². The number of hydrogen-bond acceptors (Lipinski definition) is 8. The minimum absolute atomic E-state index is 0.233. The summed E-state index contributed by atoms with van der Waals surface area (Å²) in [6.45, 7) is 0. The second-order valence-corrected chi connectivity index (χ2v) is 14.0. The molecule has 0 radical (unpaired) electrons. The van der Waals surface area contributed by atoms with Crippen molar-refractivity contribution in [3.63, 3.8) is 0 Å². The van der Waals surface area contributed by atoms with E-state index in [1.54, 1.807) is 0 Å². The Bertz CT molecular complexity index is 1160. The van der Waals surface area contributed by atoms with E-state index in [4.69, 9.17) is 11.6 Å². The number of piperazine rings is 1. The van der Waals surface area contributed by atoms with Crippen LogP contribution in [0.4, 0.5) is 0 Å². The number of benzene rings is 1. The highest BCUT2D eigenvalue weighted by Crippen LogP contribution is 2.37. The lowest BCUT2D eigenvalue weighted by Crippen LogP contribution is -2.67. The van der Waals surface area contributed by atoms with E-state index >= 15 is 0 Å². The molecule has 10 nitrogen and oxygen atoms in total. The van der Waals surface area contributed by atoms with E-state index in [1.807, 2.05) is 0 Å². The molecule has 0 aliphatic carbocycles. The van der Waals surface area contributed by atoms with E-state index in [2.05, 4.69) is 5.32 Å². The fourth-order valence-electron chi connectivity index (χ4n) is 4.30. The molecule has 160 valence electrons. The summed E-state index contributed by atoms with van der Waals surface area (Å²) < 4.78 is 76.7. The van der Waals surface area contributed by atoms with Crippen LogP contribution in [0, 0.1) is 0 Å². The third kappa shape index (κ3) is 3.57. The first-order valence-electron chi connectivity index (χ1n) is 8.54. The fourth-order valence-corrected chi connectivity index (χ4v) is 10.7. The maximum absolute atomic E-state index is 13.5. The summed E-state index contributed by atoms with van der Waals surface area (Å²) in [6.07, 6.45) is 0. The van der Waals surface area contributed by atoms with Gasteiger partial charge in [0.05, 0.1) is 45.7 Å². The zero-order chi connectivity index (χ0) is 21.4. The number of sulfonamides is 1. The number of nitrogens with zero attached hydrogens (tertiary/aromatic N) is 1. The molecule has 4 rings (SSSR count). The van der Waals surface area contributed by atoms with Crippen LogP contribution in [0.2, 0.25) is 5.02 Å². The molecular formula is C15H17ClN2O8S3. The largest absolute Gasteiger partial charge is 0.478 e. The van der Waals surface area contributed by atoms with Crippen molar-refractivity contribution in [1.29, 1.82) is 0 Å². The van der Waals surface area contributed by atoms with Gasteiger partial charge in [-0.15, -0.1) is 0 Å². The van der Waals surface area contributed by atoms with Crippen molar-refractivity contribution in [2.75, 3.05) is 23.0 Å². The third-order valence-electron chi connectivity index (χ3n) is 5.46. The zero-order valence-corrected chi connectivity index (χ0v) is 17.9. The van der Waals surface area contributed by atoms with Crippen LogP contribution < -0.4 is 5.32 Å². The van der Waals surface area contributed by atoms with Crippen LogP contribution in [-0.4, -0.2) is 87.8 Å². The lowest BCUT2D eigenvalue weighted by Gasteiger charge is -2.43. The van der Waals surface area contributed by atoms with Gasteiger partial charge < -0.3 is 10.4 Å². The first kappa shape index (κ1) is 21.0. The Morgan fingerprint density at radius 1 is 1.03 bits per heavy atom. The summed E-state index contributed by atoms with van der Waals surface area (Å²) in [5.41, 5.74) is -0.311. The Morgan fingerprint density at radius 3 is 2.03 bits per heavy atom.